The van der Waals surface area contributed by atoms with Crippen molar-refractivity contribution in [3.63, 3.8) is 0 Å². The first-order valence-electron chi connectivity index (χ1n) is 5.48. The number of unbranched alkanes of at least 4 members (excludes halogenated alkanes) is 4. The third-order valence-corrected chi connectivity index (χ3v) is 2.63. The monoisotopic (exact) mass is 298 g/mol. The van der Waals surface area contributed by atoms with Crippen LogP contribution in [-0.2, 0) is 4.74 Å². The third-order valence-electron chi connectivity index (χ3n) is 2.19. The predicted molar refractivity (Wildman–Crippen MR) is 67.7 cm³/mol. The molecule has 0 N–H and O–H groups in total. The molecule has 0 saturated carbocycles. The number of ether oxygens (including phenoxy) is 1. The fraction of sp³-hybridized carbons (Fsp3) is 1.00. The Morgan fingerprint density at radius 1 is 1.15 bits per heavy atom. The van der Waals surface area contributed by atoms with Crippen molar-refractivity contribution in [1.29, 1.82) is 0 Å². The van der Waals surface area contributed by atoms with Crippen molar-refractivity contribution < 1.29 is 4.74 Å². The molecule has 0 aromatic carbocycles. The lowest BCUT2D eigenvalue weighted by molar-refractivity contribution is 0.0714. The number of hydrogen-bond donors (Lipinski definition) is 0. The Labute approximate surface area is 96.8 Å². The highest BCUT2D eigenvalue weighted by molar-refractivity contribution is 14.1. The molecule has 13 heavy (non-hydrogen) atoms. The summed E-state index contributed by atoms with van der Waals surface area (Å²) in [4.78, 5) is 0. The van der Waals surface area contributed by atoms with E-state index in [1.807, 2.05) is 0 Å². The van der Waals surface area contributed by atoms with Gasteiger partial charge in [0.15, 0.2) is 0 Å². The zero-order valence-electron chi connectivity index (χ0n) is 9.02. The van der Waals surface area contributed by atoms with Crippen LogP contribution in [0.2, 0.25) is 0 Å². The minimum atomic E-state index is 0.469. The van der Waals surface area contributed by atoms with Crippen LogP contribution in [0.15, 0.2) is 0 Å². The molecule has 0 amide bonds. The summed E-state index contributed by atoms with van der Waals surface area (Å²) in [5, 5.41) is 0. The van der Waals surface area contributed by atoms with Crippen LogP contribution < -0.4 is 0 Å². The van der Waals surface area contributed by atoms with E-state index < -0.39 is 0 Å². The molecule has 0 rings (SSSR count). The fourth-order valence-electron chi connectivity index (χ4n) is 1.36. The summed E-state index contributed by atoms with van der Waals surface area (Å²) in [5.41, 5.74) is 0. The van der Waals surface area contributed by atoms with Crippen LogP contribution in [0.25, 0.3) is 0 Å². The van der Waals surface area contributed by atoms with E-state index in [4.69, 9.17) is 4.74 Å². The van der Waals surface area contributed by atoms with Gasteiger partial charge in [-0.25, -0.2) is 0 Å². The topological polar surface area (TPSA) is 9.23 Å². The molecule has 0 fully saturated rings. The van der Waals surface area contributed by atoms with Gasteiger partial charge in [0.1, 0.15) is 0 Å². The van der Waals surface area contributed by atoms with E-state index in [1.54, 1.807) is 0 Å². The number of halogens is 1. The smallest absolute Gasteiger partial charge is 0.0559 e. The lowest BCUT2D eigenvalue weighted by Gasteiger charge is -2.11. The summed E-state index contributed by atoms with van der Waals surface area (Å²) in [6.45, 7) is 5.36. The molecule has 0 aliphatic rings. The van der Waals surface area contributed by atoms with Crippen molar-refractivity contribution >= 4 is 22.6 Å². The van der Waals surface area contributed by atoms with E-state index in [2.05, 4.69) is 36.4 Å². The summed E-state index contributed by atoms with van der Waals surface area (Å²) in [7, 11) is 0. The van der Waals surface area contributed by atoms with Crippen LogP contribution in [0.4, 0.5) is 0 Å². The van der Waals surface area contributed by atoms with Crippen molar-refractivity contribution in [3.05, 3.63) is 0 Å². The first-order valence-corrected chi connectivity index (χ1v) is 7.01. The highest BCUT2D eigenvalue weighted by atomic mass is 127. The molecule has 1 unspecified atom stereocenters. The molecule has 0 radical (unpaired) electrons. The van der Waals surface area contributed by atoms with Crippen LogP contribution in [-0.4, -0.2) is 17.1 Å². The van der Waals surface area contributed by atoms with Gasteiger partial charge >= 0.3 is 0 Å². The molecule has 0 aliphatic heterocycles. The number of hydrogen-bond acceptors (Lipinski definition) is 1. The summed E-state index contributed by atoms with van der Waals surface area (Å²) in [6, 6.07) is 0. The van der Waals surface area contributed by atoms with Gasteiger partial charge in [-0.05, 0) is 13.3 Å². The molecule has 2 heteroatoms. The Morgan fingerprint density at radius 2 is 1.85 bits per heavy atom. The van der Waals surface area contributed by atoms with E-state index in [9.17, 15) is 0 Å². The third kappa shape index (κ3) is 10.6. The molecule has 0 heterocycles. The molecule has 1 atom stereocenters. The Hall–Kier alpha value is 0.690. The summed E-state index contributed by atoms with van der Waals surface area (Å²) in [5.74, 6) is 0. The van der Waals surface area contributed by atoms with Crippen molar-refractivity contribution in [2.45, 2.75) is 58.5 Å². The lowest BCUT2D eigenvalue weighted by atomic mass is 10.1. The van der Waals surface area contributed by atoms with Gasteiger partial charge in [-0.1, -0.05) is 61.6 Å². The van der Waals surface area contributed by atoms with E-state index in [1.165, 1.54) is 38.5 Å². The van der Waals surface area contributed by atoms with Crippen molar-refractivity contribution in [2.75, 3.05) is 11.0 Å². The molecular weight excluding hydrogens is 275 g/mol. The molecule has 80 valence electrons. The molecule has 1 nitrogen and oxygen atoms in total. The van der Waals surface area contributed by atoms with Crippen molar-refractivity contribution in [3.8, 4) is 0 Å². The van der Waals surface area contributed by atoms with E-state index in [-0.39, 0.29) is 0 Å². The molecule has 0 spiro atoms. The van der Waals surface area contributed by atoms with Crippen LogP contribution >= 0.6 is 22.6 Å². The van der Waals surface area contributed by atoms with Crippen LogP contribution in [0, 0.1) is 0 Å². The van der Waals surface area contributed by atoms with Gasteiger partial charge in [-0.2, -0.15) is 0 Å². The zero-order chi connectivity index (χ0) is 9.94. The average Bonchev–Trinajstić information content (AvgIpc) is 2.14. The van der Waals surface area contributed by atoms with Gasteiger partial charge in [0, 0.05) is 4.43 Å². The first-order chi connectivity index (χ1) is 6.31. The predicted octanol–water partition coefficient (Wildman–Crippen LogP) is 4.19. The Kier molecular flexibility index (Phi) is 11.3. The maximum Gasteiger partial charge on any atom is 0.0559 e. The van der Waals surface area contributed by atoms with Gasteiger partial charge in [0.05, 0.1) is 12.7 Å². The minimum absolute atomic E-state index is 0.469. The zero-order valence-corrected chi connectivity index (χ0v) is 11.2. The second-order valence-electron chi connectivity index (χ2n) is 3.57. The van der Waals surface area contributed by atoms with Crippen LogP contribution in [0.1, 0.15) is 52.4 Å². The minimum Gasteiger partial charge on any atom is -0.378 e. The highest BCUT2D eigenvalue weighted by Crippen LogP contribution is 2.09. The Bertz CT molecular complexity index is 96.1. The standard InChI is InChI=1S/C11H23IO/c1-3-4-5-6-7-8-11(2)13-10-9-12/h11H,3-10H2,1-2H3. The second-order valence-corrected chi connectivity index (χ2v) is 4.65. The van der Waals surface area contributed by atoms with E-state index >= 15 is 0 Å². The molecule has 0 saturated heterocycles. The molecular formula is C11H23IO. The SMILES string of the molecule is CCCCCCCC(C)OCCI. The Morgan fingerprint density at radius 3 is 2.46 bits per heavy atom. The van der Waals surface area contributed by atoms with Crippen LogP contribution in [0.5, 0.6) is 0 Å². The maximum absolute atomic E-state index is 5.59. The van der Waals surface area contributed by atoms with Gasteiger partial charge < -0.3 is 4.74 Å². The van der Waals surface area contributed by atoms with Crippen molar-refractivity contribution in [2.24, 2.45) is 0 Å². The first kappa shape index (κ1) is 13.7. The number of alkyl halides is 1. The maximum atomic E-state index is 5.59. The lowest BCUT2D eigenvalue weighted by Crippen LogP contribution is -2.09. The van der Waals surface area contributed by atoms with Crippen LogP contribution in [0.3, 0.4) is 0 Å². The summed E-state index contributed by atoms with van der Waals surface area (Å²) in [6.07, 6.45) is 8.55. The summed E-state index contributed by atoms with van der Waals surface area (Å²) < 4.78 is 6.70. The molecule has 0 aromatic rings. The average molecular weight is 298 g/mol. The van der Waals surface area contributed by atoms with Gasteiger partial charge in [0.2, 0.25) is 0 Å². The molecule has 0 aromatic heterocycles. The fourth-order valence-corrected chi connectivity index (χ4v) is 1.62. The Balaban J connectivity index is 3.03. The summed E-state index contributed by atoms with van der Waals surface area (Å²) >= 11 is 2.35. The largest absolute Gasteiger partial charge is 0.378 e. The van der Waals surface area contributed by atoms with E-state index in [0.717, 1.165) is 11.0 Å². The van der Waals surface area contributed by atoms with Gasteiger partial charge in [-0.3, -0.25) is 0 Å². The van der Waals surface area contributed by atoms with Gasteiger partial charge in [-0.15, -0.1) is 0 Å². The highest BCUT2D eigenvalue weighted by Gasteiger charge is 2.00. The molecule has 0 aliphatic carbocycles. The molecule has 0 bridgehead atoms. The normalized spacial score (nSPS) is 13.2. The van der Waals surface area contributed by atoms with Gasteiger partial charge in [0.25, 0.3) is 0 Å². The van der Waals surface area contributed by atoms with E-state index in [0.29, 0.717) is 6.10 Å². The van der Waals surface area contributed by atoms with Crippen molar-refractivity contribution in [1.82, 2.24) is 0 Å². The number of rotatable bonds is 9. The second kappa shape index (κ2) is 10.8. The quantitative estimate of drug-likeness (QED) is 0.352.